The highest BCUT2D eigenvalue weighted by molar-refractivity contribution is 7.99. The number of nitro benzene ring substituents is 1. The van der Waals surface area contributed by atoms with E-state index in [1.807, 2.05) is 48.5 Å². The van der Waals surface area contributed by atoms with Crippen LogP contribution in [-0.4, -0.2) is 47.0 Å². The number of aromatic amines is 1. The zero-order chi connectivity index (χ0) is 26.2. The number of nitrogens with zero attached hydrogens (tertiary/aromatic N) is 3. The molecule has 4 aromatic rings. The molecule has 1 amide bonds. The molecule has 0 saturated carbocycles. The highest BCUT2D eigenvalue weighted by Gasteiger charge is 2.16. The fourth-order valence-electron chi connectivity index (χ4n) is 3.37. The Balaban J connectivity index is 1.46. The zero-order valence-electron chi connectivity index (χ0n) is 20.0. The van der Waals surface area contributed by atoms with E-state index in [-0.39, 0.29) is 17.3 Å². The summed E-state index contributed by atoms with van der Waals surface area (Å²) in [6.45, 7) is 0. The molecule has 0 aliphatic rings. The van der Waals surface area contributed by atoms with E-state index in [1.54, 1.807) is 26.4 Å². The molecule has 0 radical (unpaired) electrons. The largest absolute Gasteiger partial charge is 0.497 e. The highest BCUT2D eigenvalue weighted by Crippen LogP contribution is 2.34. The number of rotatable bonds is 10. The number of hydrogen-bond acceptors (Lipinski definition) is 8. The molecule has 37 heavy (non-hydrogen) atoms. The van der Waals surface area contributed by atoms with Crippen LogP contribution >= 0.6 is 11.8 Å². The molecule has 0 aliphatic carbocycles. The first-order valence-electron chi connectivity index (χ1n) is 11.0. The lowest BCUT2D eigenvalue weighted by molar-refractivity contribution is -0.384. The van der Waals surface area contributed by atoms with Crippen LogP contribution in [0.25, 0.3) is 22.5 Å². The third kappa shape index (κ3) is 6.53. The van der Waals surface area contributed by atoms with E-state index in [0.717, 1.165) is 34.0 Å². The summed E-state index contributed by atoms with van der Waals surface area (Å²) in [6.07, 6.45) is 1.42. The van der Waals surface area contributed by atoms with Gasteiger partial charge in [0.1, 0.15) is 11.5 Å². The molecular weight excluding hydrogens is 494 g/mol. The van der Waals surface area contributed by atoms with E-state index in [4.69, 9.17) is 14.5 Å². The van der Waals surface area contributed by atoms with Crippen molar-refractivity contribution in [2.24, 2.45) is 5.10 Å². The molecule has 0 bridgehead atoms. The van der Waals surface area contributed by atoms with Crippen molar-refractivity contribution in [2.75, 3.05) is 20.0 Å². The third-order valence-electron chi connectivity index (χ3n) is 5.27. The molecule has 0 atom stereocenters. The number of thioether (sulfide) groups is 1. The first kappa shape index (κ1) is 25.5. The number of non-ortho nitro benzene ring substituents is 1. The minimum atomic E-state index is -0.478. The maximum Gasteiger partial charge on any atom is 0.269 e. The Bertz CT molecular complexity index is 1340. The minimum absolute atomic E-state index is 0.0148. The summed E-state index contributed by atoms with van der Waals surface area (Å²) in [7, 11) is 3.23. The predicted octanol–water partition coefficient (Wildman–Crippen LogP) is 4.91. The Morgan fingerprint density at radius 2 is 1.59 bits per heavy atom. The Hall–Kier alpha value is -4.64. The van der Waals surface area contributed by atoms with Gasteiger partial charge in [0.05, 0.1) is 42.5 Å². The number of benzene rings is 3. The van der Waals surface area contributed by atoms with E-state index < -0.39 is 4.92 Å². The maximum atomic E-state index is 12.3. The molecule has 10 nitrogen and oxygen atoms in total. The fraction of sp³-hybridized carbons (Fsp3) is 0.115. The Kier molecular flexibility index (Phi) is 8.16. The molecule has 0 spiro atoms. The van der Waals surface area contributed by atoms with Crippen LogP contribution in [0, 0.1) is 10.1 Å². The number of methoxy groups -OCH3 is 2. The molecule has 0 saturated heterocycles. The first-order valence-corrected chi connectivity index (χ1v) is 12.0. The second-order valence-corrected chi connectivity index (χ2v) is 8.62. The number of imidazole rings is 1. The van der Waals surface area contributed by atoms with Crippen LogP contribution in [0.1, 0.15) is 5.56 Å². The molecule has 3 aromatic carbocycles. The van der Waals surface area contributed by atoms with Gasteiger partial charge < -0.3 is 14.5 Å². The van der Waals surface area contributed by atoms with Crippen LogP contribution in [-0.2, 0) is 4.79 Å². The number of H-pyrrole nitrogens is 1. The summed E-state index contributed by atoms with van der Waals surface area (Å²) in [5.74, 6) is 1.24. The summed E-state index contributed by atoms with van der Waals surface area (Å²) in [4.78, 5) is 30.6. The first-order chi connectivity index (χ1) is 18.0. The van der Waals surface area contributed by atoms with Gasteiger partial charge in [-0.1, -0.05) is 11.8 Å². The average molecular weight is 518 g/mol. The van der Waals surface area contributed by atoms with Gasteiger partial charge in [-0.2, -0.15) is 5.10 Å². The summed E-state index contributed by atoms with van der Waals surface area (Å²) < 4.78 is 10.5. The second kappa shape index (κ2) is 11.9. The van der Waals surface area contributed by atoms with Crippen molar-refractivity contribution in [3.05, 3.63) is 88.5 Å². The Labute approximate surface area is 216 Å². The van der Waals surface area contributed by atoms with Crippen molar-refractivity contribution in [3.63, 3.8) is 0 Å². The second-order valence-electron chi connectivity index (χ2n) is 7.65. The normalized spacial score (nSPS) is 10.9. The topological polar surface area (TPSA) is 132 Å². The van der Waals surface area contributed by atoms with Crippen LogP contribution in [0.2, 0.25) is 0 Å². The Morgan fingerprint density at radius 1 is 1.00 bits per heavy atom. The molecule has 11 heteroatoms. The molecule has 0 aliphatic heterocycles. The van der Waals surface area contributed by atoms with Crippen molar-refractivity contribution >= 4 is 29.6 Å². The lowest BCUT2D eigenvalue weighted by Gasteiger charge is -2.06. The molecule has 0 unspecified atom stereocenters. The number of hydrazone groups is 1. The van der Waals surface area contributed by atoms with E-state index in [2.05, 4.69) is 15.5 Å². The lowest BCUT2D eigenvalue weighted by Crippen LogP contribution is -2.19. The van der Waals surface area contributed by atoms with Crippen LogP contribution in [0.4, 0.5) is 5.69 Å². The summed E-state index contributed by atoms with van der Waals surface area (Å²) in [5, 5.41) is 15.2. The average Bonchev–Trinajstić information content (AvgIpc) is 3.36. The van der Waals surface area contributed by atoms with Crippen molar-refractivity contribution in [2.45, 2.75) is 5.16 Å². The van der Waals surface area contributed by atoms with E-state index in [1.165, 1.54) is 30.1 Å². The molecule has 0 fully saturated rings. The summed E-state index contributed by atoms with van der Waals surface area (Å²) in [6, 6.07) is 21.0. The quantitative estimate of drug-likeness (QED) is 0.132. The van der Waals surface area contributed by atoms with Gasteiger partial charge >= 0.3 is 0 Å². The zero-order valence-corrected chi connectivity index (χ0v) is 20.8. The summed E-state index contributed by atoms with van der Waals surface area (Å²) >= 11 is 1.24. The lowest BCUT2D eigenvalue weighted by atomic mass is 10.0. The highest BCUT2D eigenvalue weighted by atomic mass is 32.2. The number of amides is 1. The van der Waals surface area contributed by atoms with E-state index in [9.17, 15) is 14.9 Å². The molecule has 2 N–H and O–H groups in total. The van der Waals surface area contributed by atoms with Crippen LogP contribution in [0.5, 0.6) is 11.5 Å². The van der Waals surface area contributed by atoms with Gasteiger partial charge in [-0.25, -0.2) is 10.4 Å². The number of nitro groups is 1. The van der Waals surface area contributed by atoms with Gasteiger partial charge in [-0.05, 0) is 66.2 Å². The van der Waals surface area contributed by atoms with Crippen LogP contribution < -0.4 is 14.9 Å². The molecule has 1 aromatic heterocycles. The van der Waals surface area contributed by atoms with Crippen molar-refractivity contribution < 1.29 is 19.2 Å². The molecule has 4 rings (SSSR count). The number of aromatic nitrogens is 2. The van der Waals surface area contributed by atoms with Crippen molar-refractivity contribution in [3.8, 4) is 34.0 Å². The molecule has 188 valence electrons. The van der Waals surface area contributed by atoms with Crippen LogP contribution in [0.15, 0.2) is 83.1 Å². The van der Waals surface area contributed by atoms with Gasteiger partial charge in [0.15, 0.2) is 5.16 Å². The number of carbonyl (C=O) groups is 1. The Morgan fingerprint density at radius 3 is 2.16 bits per heavy atom. The minimum Gasteiger partial charge on any atom is -0.497 e. The smallest absolute Gasteiger partial charge is 0.269 e. The van der Waals surface area contributed by atoms with Gasteiger partial charge in [-0.15, -0.1) is 0 Å². The molecule has 1 heterocycles. The maximum absolute atomic E-state index is 12.3. The predicted molar refractivity (Wildman–Crippen MR) is 142 cm³/mol. The fourth-order valence-corrected chi connectivity index (χ4v) is 4.03. The van der Waals surface area contributed by atoms with Crippen molar-refractivity contribution in [1.82, 2.24) is 15.4 Å². The number of nitrogens with one attached hydrogen (secondary N) is 2. The van der Waals surface area contributed by atoms with Crippen molar-refractivity contribution in [1.29, 1.82) is 0 Å². The third-order valence-corrected chi connectivity index (χ3v) is 6.14. The monoisotopic (exact) mass is 517 g/mol. The van der Waals surface area contributed by atoms with Crippen LogP contribution in [0.3, 0.4) is 0 Å². The van der Waals surface area contributed by atoms with E-state index >= 15 is 0 Å². The van der Waals surface area contributed by atoms with E-state index in [0.29, 0.717) is 10.7 Å². The van der Waals surface area contributed by atoms with Gasteiger partial charge in [0.25, 0.3) is 11.6 Å². The molecular formula is C26H23N5O5S. The standard InChI is InChI=1S/C26H23N5O5S/c1-35-21-11-5-18(6-12-21)24-25(19-7-13-22(36-2)14-8-19)29-26(28-24)37-16-23(32)30-27-15-17-3-9-20(10-4-17)31(33)34/h3-15H,16H2,1-2H3,(H,28,29)(H,30,32)/b27-15+. The van der Waals surface area contributed by atoms with Gasteiger partial charge in [0, 0.05) is 23.3 Å². The van der Waals surface area contributed by atoms with Gasteiger partial charge in [-0.3, -0.25) is 14.9 Å². The van der Waals surface area contributed by atoms with Gasteiger partial charge in [0.2, 0.25) is 0 Å². The SMILES string of the molecule is COc1ccc(-c2nc(SCC(=O)N/N=C/c3ccc([N+](=O)[O-])cc3)[nH]c2-c2ccc(OC)cc2)cc1. The number of carbonyl (C=O) groups excluding carboxylic acids is 1. The summed E-state index contributed by atoms with van der Waals surface area (Å²) in [5.41, 5.74) is 6.43. The number of ether oxygens (including phenoxy) is 2. The number of hydrogen-bond donors (Lipinski definition) is 2.